The Morgan fingerprint density at radius 1 is 1.08 bits per heavy atom. The van der Waals surface area contributed by atoms with Crippen molar-refractivity contribution in [2.75, 3.05) is 5.32 Å². The maximum Gasteiger partial charge on any atom is 0.255 e. The number of H-pyrrole nitrogens is 1. The van der Waals surface area contributed by atoms with Gasteiger partial charge in [0, 0.05) is 16.8 Å². The number of anilines is 1. The Labute approximate surface area is 146 Å². The second kappa shape index (κ2) is 6.51. The lowest BCUT2D eigenvalue weighted by Gasteiger charge is -2.16. The largest absolute Gasteiger partial charge is 0.322 e. The third-order valence-corrected chi connectivity index (χ3v) is 4.59. The van der Waals surface area contributed by atoms with Crippen molar-refractivity contribution in [1.29, 1.82) is 0 Å². The van der Waals surface area contributed by atoms with E-state index in [0.29, 0.717) is 11.4 Å². The number of hydrogen-bond donors (Lipinski definition) is 2. The number of hydrogen-bond acceptors (Lipinski definition) is 3. The van der Waals surface area contributed by atoms with Crippen LogP contribution in [-0.2, 0) is 12.8 Å². The number of aromatic amines is 1. The maximum atomic E-state index is 12.6. The molecule has 1 amide bonds. The molecule has 1 aliphatic rings. The van der Waals surface area contributed by atoms with Gasteiger partial charge in [-0.2, -0.15) is 5.10 Å². The first kappa shape index (κ1) is 15.6. The Kier molecular flexibility index (Phi) is 4.06. The predicted octanol–water partition coefficient (Wildman–Crippen LogP) is 3.91. The zero-order valence-corrected chi connectivity index (χ0v) is 14.2. The summed E-state index contributed by atoms with van der Waals surface area (Å²) in [6.07, 6.45) is 4.63. The van der Waals surface area contributed by atoms with Gasteiger partial charge in [0.05, 0.1) is 0 Å². The summed E-state index contributed by atoms with van der Waals surface area (Å²) in [4.78, 5) is 16.9. The molecule has 0 bridgehead atoms. The summed E-state index contributed by atoms with van der Waals surface area (Å²) < 4.78 is 0. The van der Waals surface area contributed by atoms with Crippen molar-refractivity contribution in [2.24, 2.45) is 0 Å². The highest BCUT2D eigenvalue weighted by Crippen LogP contribution is 2.23. The van der Waals surface area contributed by atoms with Gasteiger partial charge in [0.15, 0.2) is 5.82 Å². The summed E-state index contributed by atoms with van der Waals surface area (Å²) in [5.74, 6) is 1.30. The fraction of sp³-hybridized carbons (Fsp3) is 0.250. The number of aryl methyl sites for hydroxylation is 3. The molecule has 2 aromatic carbocycles. The minimum Gasteiger partial charge on any atom is -0.322 e. The highest BCUT2D eigenvalue weighted by atomic mass is 16.1. The molecular formula is C20H20N4O. The van der Waals surface area contributed by atoms with Gasteiger partial charge in [-0.1, -0.05) is 18.2 Å². The van der Waals surface area contributed by atoms with Crippen LogP contribution in [-0.4, -0.2) is 21.1 Å². The number of amides is 1. The van der Waals surface area contributed by atoms with Gasteiger partial charge in [0.25, 0.3) is 5.91 Å². The first-order chi connectivity index (χ1) is 12.2. The van der Waals surface area contributed by atoms with Gasteiger partial charge < -0.3 is 5.32 Å². The van der Waals surface area contributed by atoms with Crippen LogP contribution < -0.4 is 5.32 Å². The van der Waals surface area contributed by atoms with Crippen LogP contribution >= 0.6 is 0 Å². The number of nitrogens with zero attached hydrogens (tertiary/aromatic N) is 2. The molecule has 3 aromatic rings. The van der Waals surface area contributed by atoms with Crippen molar-refractivity contribution >= 4 is 11.6 Å². The summed E-state index contributed by atoms with van der Waals surface area (Å²) in [5, 5.41) is 9.97. The average molecular weight is 332 g/mol. The zero-order valence-electron chi connectivity index (χ0n) is 14.2. The van der Waals surface area contributed by atoms with E-state index in [-0.39, 0.29) is 5.91 Å². The molecule has 25 heavy (non-hydrogen) atoms. The standard InChI is InChI=1S/C20H20N4O/c1-13-21-19(24-23-13)16-7-4-8-18(12-16)22-20(25)17-10-9-14-5-2-3-6-15(14)11-17/h4,7-12H,2-3,5-6H2,1H3,(H,22,25)(H,21,23,24). The number of carbonyl (C=O) groups is 1. The number of aromatic nitrogens is 3. The Morgan fingerprint density at radius 3 is 2.72 bits per heavy atom. The molecule has 126 valence electrons. The summed E-state index contributed by atoms with van der Waals surface area (Å²) >= 11 is 0. The lowest BCUT2D eigenvalue weighted by Crippen LogP contribution is -2.13. The predicted molar refractivity (Wildman–Crippen MR) is 97.6 cm³/mol. The third-order valence-electron chi connectivity index (χ3n) is 4.59. The molecule has 4 rings (SSSR count). The van der Waals surface area contributed by atoms with Crippen LogP contribution in [0.3, 0.4) is 0 Å². The smallest absolute Gasteiger partial charge is 0.255 e. The van der Waals surface area contributed by atoms with Crippen molar-refractivity contribution in [3.8, 4) is 11.4 Å². The molecule has 0 atom stereocenters. The zero-order chi connectivity index (χ0) is 17.2. The van der Waals surface area contributed by atoms with Crippen LogP contribution in [0.15, 0.2) is 42.5 Å². The molecule has 0 aliphatic heterocycles. The van der Waals surface area contributed by atoms with E-state index in [1.165, 1.54) is 24.0 Å². The lowest BCUT2D eigenvalue weighted by atomic mass is 9.90. The average Bonchev–Trinajstić information content (AvgIpc) is 3.08. The van der Waals surface area contributed by atoms with Gasteiger partial charge in [0.1, 0.15) is 5.82 Å². The molecule has 1 aliphatic carbocycles. The fourth-order valence-electron chi connectivity index (χ4n) is 3.29. The van der Waals surface area contributed by atoms with E-state index < -0.39 is 0 Å². The van der Waals surface area contributed by atoms with Crippen molar-refractivity contribution in [1.82, 2.24) is 15.2 Å². The Balaban J connectivity index is 1.55. The van der Waals surface area contributed by atoms with Crippen LogP contribution in [0.25, 0.3) is 11.4 Å². The minimum absolute atomic E-state index is 0.0864. The number of fused-ring (bicyclic) bond motifs is 1. The van der Waals surface area contributed by atoms with Crippen LogP contribution in [0.4, 0.5) is 5.69 Å². The van der Waals surface area contributed by atoms with Crippen LogP contribution in [0.1, 0.15) is 40.2 Å². The van der Waals surface area contributed by atoms with E-state index in [1.807, 2.05) is 43.3 Å². The third kappa shape index (κ3) is 3.31. The van der Waals surface area contributed by atoms with E-state index in [9.17, 15) is 4.79 Å². The van der Waals surface area contributed by atoms with Gasteiger partial charge >= 0.3 is 0 Å². The first-order valence-electron chi connectivity index (χ1n) is 8.62. The molecular weight excluding hydrogens is 312 g/mol. The summed E-state index contributed by atoms with van der Waals surface area (Å²) in [7, 11) is 0. The Hall–Kier alpha value is -2.95. The van der Waals surface area contributed by atoms with Crippen LogP contribution in [0, 0.1) is 6.92 Å². The molecule has 1 aromatic heterocycles. The second-order valence-electron chi connectivity index (χ2n) is 6.47. The molecule has 0 saturated heterocycles. The van der Waals surface area contributed by atoms with Gasteiger partial charge in [-0.3, -0.25) is 9.89 Å². The quantitative estimate of drug-likeness (QED) is 0.764. The number of nitrogens with one attached hydrogen (secondary N) is 2. The Morgan fingerprint density at radius 2 is 1.92 bits per heavy atom. The fourth-order valence-corrected chi connectivity index (χ4v) is 3.29. The van der Waals surface area contributed by atoms with Gasteiger partial charge in [-0.15, -0.1) is 0 Å². The highest BCUT2D eigenvalue weighted by molar-refractivity contribution is 6.04. The molecule has 0 radical (unpaired) electrons. The maximum absolute atomic E-state index is 12.6. The van der Waals surface area contributed by atoms with Crippen LogP contribution in [0.5, 0.6) is 0 Å². The summed E-state index contributed by atoms with van der Waals surface area (Å²) in [5.41, 5.74) is 5.00. The second-order valence-corrected chi connectivity index (χ2v) is 6.47. The molecule has 0 unspecified atom stereocenters. The molecule has 0 saturated carbocycles. The van der Waals surface area contributed by atoms with Gasteiger partial charge in [0.2, 0.25) is 0 Å². The van der Waals surface area contributed by atoms with E-state index >= 15 is 0 Å². The normalized spacial score (nSPS) is 13.3. The summed E-state index contributed by atoms with van der Waals surface area (Å²) in [6.45, 7) is 1.86. The number of rotatable bonds is 3. The topological polar surface area (TPSA) is 70.7 Å². The van der Waals surface area contributed by atoms with Crippen molar-refractivity contribution in [3.63, 3.8) is 0 Å². The Bertz CT molecular complexity index is 929. The molecule has 1 heterocycles. The molecule has 5 heteroatoms. The van der Waals surface area contributed by atoms with Crippen molar-refractivity contribution in [2.45, 2.75) is 32.6 Å². The van der Waals surface area contributed by atoms with E-state index in [1.54, 1.807) is 0 Å². The number of benzene rings is 2. The van der Waals surface area contributed by atoms with E-state index in [0.717, 1.165) is 29.9 Å². The monoisotopic (exact) mass is 332 g/mol. The van der Waals surface area contributed by atoms with Crippen LogP contribution in [0.2, 0.25) is 0 Å². The number of carbonyl (C=O) groups excluding carboxylic acids is 1. The molecule has 0 spiro atoms. The van der Waals surface area contributed by atoms with Gasteiger partial charge in [-0.05, 0) is 68.0 Å². The highest BCUT2D eigenvalue weighted by Gasteiger charge is 2.13. The summed E-state index contributed by atoms with van der Waals surface area (Å²) in [6, 6.07) is 13.6. The van der Waals surface area contributed by atoms with Crippen molar-refractivity contribution in [3.05, 3.63) is 65.0 Å². The van der Waals surface area contributed by atoms with Crippen molar-refractivity contribution < 1.29 is 4.79 Å². The minimum atomic E-state index is -0.0864. The SMILES string of the molecule is Cc1nc(-c2cccc(NC(=O)c3ccc4c(c3)CCCC4)c2)n[nH]1. The van der Waals surface area contributed by atoms with Gasteiger partial charge in [-0.25, -0.2) is 4.98 Å². The first-order valence-corrected chi connectivity index (χ1v) is 8.62. The lowest BCUT2D eigenvalue weighted by molar-refractivity contribution is 0.102. The molecule has 5 nitrogen and oxygen atoms in total. The van der Waals surface area contributed by atoms with E-state index in [2.05, 4.69) is 26.6 Å². The molecule has 2 N–H and O–H groups in total. The molecule has 0 fully saturated rings. The van der Waals surface area contributed by atoms with E-state index in [4.69, 9.17) is 0 Å².